The second kappa shape index (κ2) is 7.94. The summed E-state index contributed by atoms with van der Waals surface area (Å²) >= 11 is 0. The molecule has 6 nitrogen and oxygen atoms in total. The first-order valence-electron chi connectivity index (χ1n) is 9.90. The lowest BCUT2D eigenvalue weighted by Gasteiger charge is -2.36. The van der Waals surface area contributed by atoms with Gasteiger partial charge >= 0.3 is 0 Å². The lowest BCUT2D eigenvalue weighted by molar-refractivity contribution is 0.0932. The van der Waals surface area contributed by atoms with E-state index in [0.717, 1.165) is 44.8 Å². The number of piperazine rings is 1. The third-order valence-corrected chi connectivity index (χ3v) is 5.54. The van der Waals surface area contributed by atoms with Gasteiger partial charge in [0.2, 0.25) is 0 Å². The molecule has 1 saturated carbocycles. The third kappa shape index (κ3) is 4.21. The molecule has 2 aliphatic rings. The first kappa shape index (κ1) is 17.8. The van der Waals surface area contributed by atoms with E-state index in [1.807, 2.05) is 6.07 Å². The second-order valence-electron chi connectivity index (χ2n) is 7.54. The Labute approximate surface area is 160 Å². The van der Waals surface area contributed by atoms with E-state index in [0.29, 0.717) is 11.7 Å². The van der Waals surface area contributed by atoms with Crippen molar-refractivity contribution in [2.75, 3.05) is 36.0 Å². The van der Waals surface area contributed by atoms with Crippen LogP contribution in [0, 0.1) is 6.92 Å². The summed E-state index contributed by atoms with van der Waals surface area (Å²) in [4.78, 5) is 16.9. The van der Waals surface area contributed by atoms with Crippen LogP contribution in [0.3, 0.4) is 0 Å². The molecule has 1 aliphatic carbocycles. The smallest absolute Gasteiger partial charge is 0.272 e. The van der Waals surface area contributed by atoms with E-state index in [1.54, 1.807) is 6.07 Å². The van der Waals surface area contributed by atoms with Crippen LogP contribution >= 0.6 is 0 Å². The monoisotopic (exact) mass is 365 g/mol. The molecule has 142 valence electrons. The molecule has 0 bridgehead atoms. The zero-order valence-corrected chi connectivity index (χ0v) is 15.9. The Balaban J connectivity index is 1.34. The second-order valence-corrected chi connectivity index (χ2v) is 7.54. The molecule has 1 amide bonds. The highest BCUT2D eigenvalue weighted by molar-refractivity contribution is 5.92. The van der Waals surface area contributed by atoms with Crippen molar-refractivity contribution in [3.8, 4) is 0 Å². The minimum absolute atomic E-state index is 0.106. The van der Waals surface area contributed by atoms with Crippen LogP contribution in [0.25, 0.3) is 0 Å². The zero-order chi connectivity index (χ0) is 18.6. The summed E-state index contributed by atoms with van der Waals surface area (Å²) < 4.78 is 0. The molecule has 1 aliphatic heterocycles. The van der Waals surface area contributed by atoms with Crippen LogP contribution in [0.5, 0.6) is 0 Å². The summed E-state index contributed by atoms with van der Waals surface area (Å²) in [5, 5.41) is 11.5. The van der Waals surface area contributed by atoms with Crippen molar-refractivity contribution >= 4 is 17.4 Å². The van der Waals surface area contributed by atoms with E-state index < -0.39 is 0 Å². The minimum Gasteiger partial charge on any atom is -0.368 e. The van der Waals surface area contributed by atoms with Gasteiger partial charge in [-0.15, -0.1) is 10.2 Å². The number of anilines is 2. The molecule has 0 spiro atoms. The number of hydrogen-bond acceptors (Lipinski definition) is 5. The van der Waals surface area contributed by atoms with E-state index in [2.05, 4.69) is 56.5 Å². The van der Waals surface area contributed by atoms with Gasteiger partial charge in [0.25, 0.3) is 5.91 Å². The number of carbonyl (C=O) groups is 1. The van der Waals surface area contributed by atoms with Crippen molar-refractivity contribution in [1.29, 1.82) is 0 Å². The Kier molecular flexibility index (Phi) is 5.23. The molecule has 0 unspecified atom stereocenters. The van der Waals surface area contributed by atoms with Crippen LogP contribution in [0.2, 0.25) is 0 Å². The Hall–Kier alpha value is -2.63. The number of benzene rings is 1. The normalized spacial score (nSPS) is 18.0. The van der Waals surface area contributed by atoms with E-state index in [9.17, 15) is 4.79 Å². The lowest BCUT2D eigenvalue weighted by atomic mass is 10.2. The van der Waals surface area contributed by atoms with E-state index in [4.69, 9.17) is 0 Å². The Bertz CT molecular complexity index is 777. The highest BCUT2D eigenvalue weighted by Crippen LogP contribution is 2.20. The first-order chi connectivity index (χ1) is 13.2. The van der Waals surface area contributed by atoms with Crippen molar-refractivity contribution in [2.45, 2.75) is 38.6 Å². The summed E-state index contributed by atoms with van der Waals surface area (Å²) in [6.07, 6.45) is 4.54. The van der Waals surface area contributed by atoms with Gasteiger partial charge in [0.05, 0.1) is 0 Å². The number of rotatable bonds is 4. The van der Waals surface area contributed by atoms with Gasteiger partial charge in [-0.25, -0.2) is 0 Å². The number of hydrogen-bond donors (Lipinski definition) is 1. The van der Waals surface area contributed by atoms with Gasteiger partial charge in [-0.2, -0.15) is 0 Å². The van der Waals surface area contributed by atoms with Crippen LogP contribution in [-0.2, 0) is 0 Å². The number of carbonyl (C=O) groups excluding carboxylic acids is 1. The van der Waals surface area contributed by atoms with Gasteiger partial charge < -0.3 is 15.1 Å². The Morgan fingerprint density at radius 2 is 1.74 bits per heavy atom. The maximum absolute atomic E-state index is 12.3. The predicted molar refractivity (Wildman–Crippen MR) is 107 cm³/mol. The summed E-state index contributed by atoms with van der Waals surface area (Å²) in [7, 11) is 0. The molecule has 4 rings (SSSR count). The molecule has 2 fully saturated rings. The topological polar surface area (TPSA) is 61.4 Å². The summed E-state index contributed by atoms with van der Waals surface area (Å²) in [6, 6.07) is 12.6. The van der Waals surface area contributed by atoms with Gasteiger partial charge in [0.1, 0.15) is 0 Å². The van der Waals surface area contributed by atoms with Crippen LogP contribution in [-0.4, -0.2) is 48.3 Å². The molecular formula is C21H27N5O. The molecule has 1 aromatic heterocycles. The Morgan fingerprint density at radius 1 is 1.00 bits per heavy atom. The lowest BCUT2D eigenvalue weighted by Crippen LogP contribution is -2.47. The van der Waals surface area contributed by atoms with Crippen molar-refractivity contribution < 1.29 is 4.79 Å². The molecule has 0 atom stereocenters. The SMILES string of the molecule is Cc1cccc(N2CCN(c3ccc(C(=O)NC4CCCC4)nn3)CC2)c1. The fourth-order valence-corrected chi connectivity index (χ4v) is 3.96. The molecule has 2 heterocycles. The maximum Gasteiger partial charge on any atom is 0.272 e. The molecule has 1 N–H and O–H groups in total. The molecule has 2 aromatic rings. The Morgan fingerprint density at radius 3 is 2.41 bits per heavy atom. The number of amides is 1. The number of aryl methyl sites for hydroxylation is 1. The molecule has 1 saturated heterocycles. The van der Waals surface area contributed by atoms with E-state index >= 15 is 0 Å². The van der Waals surface area contributed by atoms with Crippen LogP contribution in [0.4, 0.5) is 11.5 Å². The fraction of sp³-hybridized carbons (Fsp3) is 0.476. The first-order valence-corrected chi connectivity index (χ1v) is 9.90. The largest absolute Gasteiger partial charge is 0.368 e. The average molecular weight is 365 g/mol. The molecule has 6 heteroatoms. The van der Waals surface area contributed by atoms with E-state index in [-0.39, 0.29) is 5.91 Å². The van der Waals surface area contributed by atoms with Gasteiger partial charge in [-0.3, -0.25) is 4.79 Å². The van der Waals surface area contributed by atoms with Gasteiger partial charge in [0.15, 0.2) is 11.5 Å². The number of aromatic nitrogens is 2. The third-order valence-electron chi connectivity index (χ3n) is 5.54. The van der Waals surface area contributed by atoms with Crippen molar-refractivity contribution in [3.05, 3.63) is 47.7 Å². The average Bonchev–Trinajstić information content (AvgIpc) is 3.21. The molecule has 1 aromatic carbocycles. The van der Waals surface area contributed by atoms with Gasteiger partial charge in [-0.1, -0.05) is 25.0 Å². The summed E-state index contributed by atoms with van der Waals surface area (Å²) in [6.45, 7) is 5.83. The maximum atomic E-state index is 12.3. The van der Waals surface area contributed by atoms with Gasteiger partial charge in [0, 0.05) is 37.9 Å². The van der Waals surface area contributed by atoms with Crippen molar-refractivity contribution in [1.82, 2.24) is 15.5 Å². The van der Waals surface area contributed by atoms with Crippen LogP contribution in [0.15, 0.2) is 36.4 Å². The van der Waals surface area contributed by atoms with Crippen LogP contribution < -0.4 is 15.1 Å². The zero-order valence-electron chi connectivity index (χ0n) is 15.9. The predicted octanol–water partition coefficient (Wildman–Crippen LogP) is 2.78. The van der Waals surface area contributed by atoms with Crippen molar-refractivity contribution in [3.63, 3.8) is 0 Å². The number of nitrogens with one attached hydrogen (secondary N) is 1. The quantitative estimate of drug-likeness (QED) is 0.903. The summed E-state index contributed by atoms with van der Waals surface area (Å²) in [5.41, 5.74) is 2.97. The van der Waals surface area contributed by atoms with E-state index in [1.165, 1.54) is 24.1 Å². The van der Waals surface area contributed by atoms with Crippen molar-refractivity contribution in [2.24, 2.45) is 0 Å². The van der Waals surface area contributed by atoms with Crippen LogP contribution in [0.1, 0.15) is 41.7 Å². The minimum atomic E-state index is -0.106. The molecule has 0 radical (unpaired) electrons. The fourth-order valence-electron chi connectivity index (χ4n) is 3.96. The summed E-state index contributed by atoms with van der Waals surface area (Å²) in [5.74, 6) is 0.738. The molecule has 27 heavy (non-hydrogen) atoms. The highest BCUT2D eigenvalue weighted by Gasteiger charge is 2.21. The molecular weight excluding hydrogens is 338 g/mol. The number of nitrogens with zero attached hydrogens (tertiary/aromatic N) is 4. The highest BCUT2D eigenvalue weighted by atomic mass is 16.2. The standard InChI is InChI=1S/C21H27N5O/c1-16-5-4-8-18(15-16)25-11-13-26(14-12-25)20-10-9-19(23-24-20)21(27)22-17-6-2-3-7-17/h4-5,8-10,15,17H,2-3,6-7,11-14H2,1H3,(H,22,27). The van der Waals surface area contributed by atoms with Gasteiger partial charge in [-0.05, 0) is 49.6 Å².